The summed E-state index contributed by atoms with van der Waals surface area (Å²) in [4.78, 5) is 0. The first-order valence-corrected chi connectivity index (χ1v) is 11.9. The van der Waals surface area contributed by atoms with Gasteiger partial charge in [0.2, 0.25) is 0 Å². The Morgan fingerprint density at radius 3 is 2.20 bits per heavy atom. The molecule has 0 amide bonds. The average molecular weight is 407 g/mol. The third-order valence-electron chi connectivity index (χ3n) is 7.17. The van der Waals surface area contributed by atoms with Crippen molar-refractivity contribution < 1.29 is 4.39 Å². The van der Waals surface area contributed by atoms with Crippen LogP contribution in [0.4, 0.5) is 4.39 Å². The number of nitrogens with zero attached hydrogens (tertiary/aromatic N) is 2. The summed E-state index contributed by atoms with van der Waals surface area (Å²) in [6, 6.07) is 18.0. The van der Waals surface area contributed by atoms with Gasteiger partial charge in [0.25, 0.3) is 0 Å². The van der Waals surface area contributed by atoms with Crippen molar-refractivity contribution in [3.05, 3.63) is 71.5 Å². The number of halogens is 1. The summed E-state index contributed by atoms with van der Waals surface area (Å²) < 4.78 is 13.6. The smallest absolute Gasteiger partial charge is 0.123 e. The summed E-state index contributed by atoms with van der Waals surface area (Å²) in [5, 5.41) is 7.61. The predicted octanol–water partition coefficient (Wildman–Crippen LogP) is 7.01. The van der Waals surface area contributed by atoms with E-state index in [0.29, 0.717) is 6.04 Å². The Hall–Kier alpha value is -2.16. The minimum absolute atomic E-state index is 0.191. The van der Waals surface area contributed by atoms with Crippen molar-refractivity contribution in [2.45, 2.75) is 70.8 Å². The molecule has 160 valence electrons. The second-order valence-corrected chi connectivity index (χ2v) is 9.15. The molecule has 2 aromatic rings. The fourth-order valence-corrected chi connectivity index (χ4v) is 5.40. The zero-order valence-corrected chi connectivity index (χ0v) is 18.4. The van der Waals surface area contributed by atoms with E-state index in [1.807, 2.05) is 12.1 Å². The highest BCUT2D eigenvalue weighted by molar-refractivity contribution is 6.06. The second kappa shape index (κ2) is 9.76. The molecule has 0 aromatic heterocycles. The van der Waals surface area contributed by atoms with E-state index >= 15 is 0 Å². The quantitative estimate of drug-likeness (QED) is 0.483. The van der Waals surface area contributed by atoms with Crippen LogP contribution in [0.5, 0.6) is 0 Å². The second-order valence-electron chi connectivity index (χ2n) is 9.15. The molecule has 1 aliphatic heterocycles. The van der Waals surface area contributed by atoms with Gasteiger partial charge < -0.3 is 0 Å². The van der Waals surface area contributed by atoms with Gasteiger partial charge in [-0.2, -0.15) is 5.10 Å². The lowest BCUT2D eigenvalue weighted by molar-refractivity contribution is 0.144. The first-order valence-electron chi connectivity index (χ1n) is 11.9. The monoisotopic (exact) mass is 406 g/mol. The Bertz CT molecular complexity index is 822. The number of hydrazone groups is 1. The van der Waals surface area contributed by atoms with Crippen molar-refractivity contribution in [1.29, 1.82) is 0 Å². The molecule has 0 radical (unpaired) electrons. The first kappa shape index (κ1) is 21.1. The van der Waals surface area contributed by atoms with Gasteiger partial charge >= 0.3 is 0 Å². The van der Waals surface area contributed by atoms with Crippen LogP contribution >= 0.6 is 0 Å². The normalized spacial score (nSPS) is 26.6. The maximum Gasteiger partial charge on any atom is 0.123 e. The van der Waals surface area contributed by atoms with Gasteiger partial charge in [-0.05, 0) is 54.4 Å². The fourth-order valence-electron chi connectivity index (χ4n) is 5.40. The molecule has 30 heavy (non-hydrogen) atoms. The molecular formula is C27H35FN2. The summed E-state index contributed by atoms with van der Waals surface area (Å²) in [6.07, 6.45) is 8.96. The van der Waals surface area contributed by atoms with Crippen molar-refractivity contribution in [3.63, 3.8) is 0 Å². The number of hydrogen-bond donors (Lipinski definition) is 0. The van der Waals surface area contributed by atoms with Crippen LogP contribution in [-0.4, -0.2) is 23.3 Å². The van der Waals surface area contributed by atoms with Gasteiger partial charge in [-0.25, -0.2) is 4.39 Å². The molecule has 2 aliphatic rings. The Kier molecular flexibility index (Phi) is 6.86. The van der Waals surface area contributed by atoms with Crippen molar-refractivity contribution in [2.75, 3.05) is 6.54 Å². The van der Waals surface area contributed by atoms with Crippen LogP contribution in [0.25, 0.3) is 0 Å². The van der Waals surface area contributed by atoms with Crippen LogP contribution < -0.4 is 0 Å². The Balaban J connectivity index is 1.63. The highest BCUT2D eigenvalue weighted by Gasteiger charge is 2.39. The van der Waals surface area contributed by atoms with Crippen molar-refractivity contribution >= 4 is 5.71 Å². The molecule has 0 spiro atoms. The van der Waals surface area contributed by atoms with Crippen molar-refractivity contribution in [3.8, 4) is 0 Å². The number of benzene rings is 2. The Morgan fingerprint density at radius 2 is 1.57 bits per heavy atom. The van der Waals surface area contributed by atoms with Crippen LogP contribution in [-0.2, 0) is 0 Å². The third kappa shape index (κ3) is 4.61. The van der Waals surface area contributed by atoms with Gasteiger partial charge in [0, 0.05) is 6.54 Å². The van der Waals surface area contributed by atoms with E-state index in [4.69, 9.17) is 5.10 Å². The van der Waals surface area contributed by atoms with E-state index in [-0.39, 0.29) is 11.7 Å². The Morgan fingerprint density at radius 1 is 0.900 bits per heavy atom. The summed E-state index contributed by atoms with van der Waals surface area (Å²) in [5.41, 5.74) is 3.46. The van der Waals surface area contributed by atoms with E-state index in [1.165, 1.54) is 37.7 Å². The van der Waals surface area contributed by atoms with Gasteiger partial charge in [0.15, 0.2) is 0 Å². The van der Waals surface area contributed by atoms with Gasteiger partial charge in [0.1, 0.15) is 5.82 Å². The molecular weight excluding hydrogens is 371 g/mol. The van der Waals surface area contributed by atoms with Gasteiger partial charge in [0.05, 0.1) is 17.7 Å². The van der Waals surface area contributed by atoms with Crippen LogP contribution in [0.15, 0.2) is 59.7 Å². The largest absolute Gasteiger partial charge is 0.292 e. The molecule has 0 N–H and O–H groups in total. The number of hydrogen-bond acceptors (Lipinski definition) is 2. The van der Waals surface area contributed by atoms with Crippen LogP contribution in [0, 0.1) is 17.7 Å². The molecule has 0 bridgehead atoms. The van der Waals surface area contributed by atoms with Crippen LogP contribution in [0.2, 0.25) is 0 Å². The van der Waals surface area contributed by atoms with E-state index in [2.05, 4.69) is 49.2 Å². The lowest BCUT2D eigenvalue weighted by Gasteiger charge is -2.34. The Labute approximate surface area is 181 Å². The minimum Gasteiger partial charge on any atom is -0.292 e. The molecule has 1 saturated carbocycles. The lowest BCUT2D eigenvalue weighted by Crippen LogP contribution is -2.36. The maximum absolute atomic E-state index is 13.6. The molecule has 1 fully saturated rings. The van der Waals surface area contributed by atoms with E-state index in [1.54, 1.807) is 12.1 Å². The zero-order valence-electron chi connectivity index (χ0n) is 18.4. The van der Waals surface area contributed by atoms with Crippen LogP contribution in [0.3, 0.4) is 0 Å². The van der Waals surface area contributed by atoms with Gasteiger partial charge in [-0.1, -0.05) is 82.0 Å². The summed E-state index contributed by atoms with van der Waals surface area (Å²) in [7, 11) is 0. The SMILES string of the molecule is CCCC1C(c2ccccc2)C(c2ccc(F)cc2)=NN1CC1CCC(CC)CC1. The van der Waals surface area contributed by atoms with E-state index in [0.717, 1.165) is 42.5 Å². The first-order chi connectivity index (χ1) is 14.7. The zero-order chi connectivity index (χ0) is 20.9. The van der Waals surface area contributed by atoms with Crippen molar-refractivity contribution in [2.24, 2.45) is 16.9 Å². The maximum atomic E-state index is 13.6. The minimum atomic E-state index is -0.191. The molecule has 1 aliphatic carbocycles. The molecule has 2 unspecified atom stereocenters. The molecule has 1 heterocycles. The predicted molar refractivity (Wildman–Crippen MR) is 123 cm³/mol. The van der Waals surface area contributed by atoms with Crippen LogP contribution in [0.1, 0.15) is 75.8 Å². The molecule has 3 heteroatoms. The highest BCUT2D eigenvalue weighted by atomic mass is 19.1. The highest BCUT2D eigenvalue weighted by Crippen LogP contribution is 2.39. The average Bonchev–Trinajstić information content (AvgIpc) is 3.13. The molecule has 2 nitrogen and oxygen atoms in total. The topological polar surface area (TPSA) is 15.6 Å². The van der Waals surface area contributed by atoms with E-state index in [9.17, 15) is 4.39 Å². The molecule has 2 aromatic carbocycles. The lowest BCUT2D eigenvalue weighted by atomic mass is 9.80. The fraction of sp³-hybridized carbons (Fsp3) is 0.519. The summed E-state index contributed by atoms with van der Waals surface area (Å²) >= 11 is 0. The summed E-state index contributed by atoms with van der Waals surface area (Å²) in [6.45, 7) is 5.64. The molecule has 4 rings (SSSR count). The van der Waals surface area contributed by atoms with E-state index < -0.39 is 0 Å². The van der Waals surface area contributed by atoms with Gasteiger partial charge in [-0.15, -0.1) is 0 Å². The molecule has 0 saturated heterocycles. The third-order valence-corrected chi connectivity index (χ3v) is 7.17. The molecule has 2 atom stereocenters. The van der Waals surface area contributed by atoms with Gasteiger partial charge in [-0.3, -0.25) is 5.01 Å². The standard InChI is InChI=1S/C27H35FN2/c1-3-8-25-26(22-9-6-5-7-10-22)27(23-15-17-24(28)18-16-23)29-30(25)19-21-13-11-20(4-2)12-14-21/h5-7,9-10,15-18,20-21,25-26H,3-4,8,11-14,19H2,1-2H3. The number of rotatable bonds is 7. The van der Waals surface area contributed by atoms with Crippen molar-refractivity contribution in [1.82, 2.24) is 5.01 Å². The summed E-state index contributed by atoms with van der Waals surface area (Å²) in [5.74, 6) is 1.70.